The first kappa shape index (κ1) is 12.9. The van der Waals surface area contributed by atoms with Crippen molar-refractivity contribution in [2.75, 3.05) is 19.6 Å². The fourth-order valence-electron chi connectivity index (χ4n) is 3.33. The molecule has 0 amide bonds. The summed E-state index contributed by atoms with van der Waals surface area (Å²) in [6, 6.07) is 2.19. The van der Waals surface area contributed by atoms with Crippen molar-refractivity contribution in [3.63, 3.8) is 0 Å². The second-order valence-electron chi connectivity index (χ2n) is 6.17. The minimum absolute atomic E-state index is 0.649. The number of rotatable bonds is 3. The Morgan fingerprint density at radius 1 is 1.29 bits per heavy atom. The molecule has 3 unspecified atom stereocenters. The van der Waals surface area contributed by atoms with Crippen molar-refractivity contribution >= 4 is 0 Å². The van der Waals surface area contributed by atoms with Crippen LogP contribution in [-0.4, -0.2) is 30.1 Å². The maximum atomic E-state index is 8.92. The van der Waals surface area contributed by atoms with E-state index in [0.717, 1.165) is 24.8 Å². The highest BCUT2D eigenvalue weighted by Gasteiger charge is 2.31. The molecule has 0 aromatic rings. The van der Waals surface area contributed by atoms with Crippen LogP contribution in [0.2, 0.25) is 0 Å². The number of fused-ring (bicyclic) bond motifs is 1. The molecule has 2 rings (SSSR count). The molecule has 0 bridgehead atoms. The molecule has 2 fully saturated rings. The quantitative estimate of drug-likeness (QED) is 0.815. The SMILES string of the molecule is CC(N)(C#N)CCN1CCC2CCCCC2C1. The van der Waals surface area contributed by atoms with E-state index >= 15 is 0 Å². The summed E-state index contributed by atoms with van der Waals surface area (Å²) in [5.74, 6) is 1.91. The largest absolute Gasteiger partial charge is 0.314 e. The van der Waals surface area contributed by atoms with E-state index in [4.69, 9.17) is 11.0 Å². The predicted octanol–water partition coefficient (Wildman–Crippen LogP) is 2.13. The van der Waals surface area contributed by atoms with Gasteiger partial charge in [0.25, 0.3) is 0 Å². The number of hydrogen-bond acceptors (Lipinski definition) is 3. The summed E-state index contributed by atoms with van der Waals surface area (Å²) in [6.45, 7) is 5.28. The summed E-state index contributed by atoms with van der Waals surface area (Å²) in [4.78, 5) is 2.52. The van der Waals surface area contributed by atoms with Gasteiger partial charge in [0.1, 0.15) is 5.54 Å². The molecule has 0 radical (unpaired) electrons. The van der Waals surface area contributed by atoms with Crippen LogP contribution in [0.4, 0.5) is 0 Å². The standard InChI is InChI=1S/C14H25N3/c1-14(16,11-15)7-9-17-8-6-12-4-2-3-5-13(12)10-17/h12-13H,2-10,16H2,1H3. The van der Waals surface area contributed by atoms with Gasteiger partial charge in [0.05, 0.1) is 6.07 Å². The number of hydrogen-bond donors (Lipinski definition) is 1. The van der Waals surface area contributed by atoms with Crippen molar-refractivity contribution in [3.8, 4) is 6.07 Å². The highest BCUT2D eigenvalue weighted by Crippen LogP contribution is 2.36. The first-order valence-electron chi connectivity index (χ1n) is 7.03. The highest BCUT2D eigenvalue weighted by molar-refractivity contribution is 5.01. The minimum atomic E-state index is -0.649. The summed E-state index contributed by atoms with van der Waals surface area (Å²) >= 11 is 0. The van der Waals surface area contributed by atoms with Crippen molar-refractivity contribution < 1.29 is 0 Å². The zero-order valence-corrected chi connectivity index (χ0v) is 11.0. The summed E-state index contributed by atoms with van der Waals surface area (Å²) in [7, 11) is 0. The second kappa shape index (κ2) is 5.37. The van der Waals surface area contributed by atoms with E-state index in [1.165, 1.54) is 45.2 Å². The Labute approximate surface area is 105 Å². The Morgan fingerprint density at radius 2 is 2.00 bits per heavy atom. The molecule has 3 nitrogen and oxygen atoms in total. The molecular weight excluding hydrogens is 210 g/mol. The van der Waals surface area contributed by atoms with Crippen LogP contribution in [0.25, 0.3) is 0 Å². The number of likely N-dealkylation sites (tertiary alicyclic amines) is 1. The Kier molecular flexibility index (Phi) is 4.06. The van der Waals surface area contributed by atoms with Crippen LogP contribution < -0.4 is 5.73 Å². The molecule has 0 spiro atoms. The Hall–Kier alpha value is -0.590. The monoisotopic (exact) mass is 235 g/mol. The lowest BCUT2D eigenvalue weighted by atomic mass is 9.75. The fraction of sp³-hybridized carbons (Fsp3) is 0.929. The first-order valence-corrected chi connectivity index (χ1v) is 7.03. The lowest BCUT2D eigenvalue weighted by Crippen LogP contribution is -2.45. The smallest absolute Gasteiger partial charge is 0.102 e. The van der Waals surface area contributed by atoms with Gasteiger partial charge in [-0.1, -0.05) is 19.3 Å². The summed E-state index contributed by atoms with van der Waals surface area (Å²) in [6.07, 6.45) is 7.88. The van der Waals surface area contributed by atoms with E-state index < -0.39 is 5.54 Å². The van der Waals surface area contributed by atoms with E-state index in [0.29, 0.717) is 0 Å². The van der Waals surface area contributed by atoms with Crippen molar-refractivity contribution in [1.82, 2.24) is 4.90 Å². The molecule has 3 heteroatoms. The third kappa shape index (κ3) is 3.43. The van der Waals surface area contributed by atoms with Crippen LogP contribution in [0.1, 0.15) is 45.4 Å². The molecule has 1 saturated carbocycles. The predicted molar refractivity (Wildman–Crippen MR) is 69.3 cm³/mol. The van der Waals surface area contributed by atoms with Crippen molar-refractivity contribution in [3.05, 3.63) is 0 Å². The maximum absolute atomic E-state index is 8.92. The van der Waals surface area contributed by atoms with Crippen LogP contribution in [0.3, 0.4) is 0 Å². The van der Waals surface area contributed by atoms with E-state index in [-0.39, 0.29) is 0 Å². The third-order valence-corrected chi connectivity index (χ3v) is 4.58. The first-order chi connectivity index (χ1) is 8.11. The summed E-state index contributed by atoms with van der Waals surface area (Å²) in [5, 5.41) is 8.92. The molecular formula is C14H25N3. The van der Waals surface area contributed by atoms with Crippen molar-refractivity contribution in [2.45, 2.75) is 51.0 Å². The van der Waals surface area contributed by atoms with Gasteiger partial charge in [-0.05, 0) is 44.6 Å². The lowest BCUT2D eigenvalue weighted by Gasteiger charge is -2.41. The van der Waals surface area contributed by atoms with E-state index in [2.05, 4.69) is 11.0 Å². The fourth-order valence-corrected chi connectivity index (χ4v) is 3.33. The average Bonchev–Trinajstić information content (AvgIpc) is 2.36. The lowest BCUT2D eigenvalue weighted by molar-refractivity contribution is 0.0836. The Bertz CT molecular complexity index is 292. The second-order valence-corrected chi connectivity index (χ2v) is 6.17. The maximum Gasteiger partial charge on any atom is 0.102 e. The zero-order valence-electron chi connectivity index (χ0n) is 11.0. The van der Waals surface area contributed by atoms with Gasteiger partial charge in [0.15, 0.2) is 0 Å². The molecule has 1 saturated heterocycles. The Balaban J connectivity index is 1.78. The Morgan fingerprint density at radius 3 is 2.71 bits per heavy atom. The van der Waals surface area contributed by atoms with Crippen molar-refractivity contribution in [2.24, 2.45) is 17.6 Å². The van der Waals surface area contributed by atoms with E-state index in [9.17, 15) is 0 Å². The van der Waals surface area contributed by atoms with Gasteiger partial charge in [0.2, 0.25) is 0 Å². The topological polar surface area (TPSA) is 53.1 Å². The molecule has 1 aliphatic carbocycles. The van der Waals surface area contributed by atoms with Crippen LogP contribution >= 0.6 is 0 Å². The normalized spacial score (nSPS) is 33.5. The number of nitrogens with zero attached hydrogens (tertiary/aromatic N) is 2. The van der Waals surface area contributed by atoms with Crippen LogP contribution in [-0.2, 0) is 0 Å². The van der Waals surface area contributed by atoms with Gasteiger partial charge in [-0.3, -0.25) is 0 Å². The number of nitrogens with two attached hydrogens (primary N) is 1. The van der Waals surface area contributed by atoms with Crippen LogP contribution in [0, 0.1) is 23.2 Å². The molecule has 17 heavy (non-hydrogen) atoms. The van der Waals surface area contributed by atoms with Crippen LogP contribution in [0.15, 0.2) is 0 Å². The highest BCUT2D eigenvalue weighted by atomic mass is 15.1. The van der Waals surface area contributed by atoms with Gasteiger partial charge >= 0.3 is 0 Å². The van der Waals surface area contributed by atoms with Crippen molar-refractivity contribution in [1.29, 1.82) is 5.26 Å². The van der Waals surface area contributed by atoms with Gasteiger partial charge in [-0.25, -0.2) is 0 Å². The third-order valence-electron chi connectivity index (χ3n) is 4.58. The molecule has 1 aliphatic heterocycles. The zero-order chi connectivity index (χ0) is 12.3. The van der Waals surface area contributed by atoms with E-state index in [1.54, 1.807) is 0 Å². The summed E-state index contributed by atoms with van der Waals surface area (Å²) in [5.41, 5.74) is 5.23. The molecule has 2 N–H and O–H groups in total. The minimum Gasteiger partial charge on any atom is -0.314 e. The van der Waals surface area contributed by atoms with Gasteiger partial charge in [0, 0.05) is 13.1 Å². The molecule has 0 aromatic heterocycles. The number of nitriles is 1. The summed E-state index contributed by atoms with van der Waals surface area (Å²) < 4.78 is 0. The van der Waals surface area contributed by atoms with Gasteiger partial charge in [-0.15, -0.1) is 0 Å². The average molecular weight is 235 g/mol. The molecule has 1 heterocycles. The molecule has 3 atom stereocenters. The van der Waals surface area contributed by atoms with Crippen LogP contribution in [0.5, 0.6) is 0 Å². The molecule has 0 aromatic carbocycles. The molecule has 2 aliphatic rings. The van der Waals surface area contributed by atoms with Gasteiger partial charge in [-0.2, -0.15) is 5.26 Å². The van der Waals surface area contributed by atoms with E-state index in [1.807, 2.05) is 6.92 Å². The number of piperidine rings is 1. The van der Waals surface area contributed by atoms with Gasteiger partial charge < -0.3 is 10.6 Å². The molecule has 96 valence electrons.